The Morgan fingerprint density at radius 2 is 2.07 bits per heavy atom. The number of hydrogen-bond donors (Lipinski definition) is 0. The van der Waals surface area contributed by atoms with Crippen molar-refractivity contribution in [2.24, 2.45) is 5.92 Å². The third-order valence-electron chi connectivity index (χ3n) is 3.16. The second-order valence-electron chi connectivity index (χ2n) is 4.69. The molecule has 1 aromatic rings. The maximum atomic E-state index is 4.25. The molecule has 0 unspecified atom stereocenters. The van der Waals surface area contributed by atoms with Crippen LogP contribution < -0.4 is 4.90 Å². The second-order valence-corrected chi connectivity index (χ2v) is 5.60. The van der Waals surface area contributed by atoms with Crippen molar-refractivity contribution in [3.05, 3.63) is 22.9 Å². The molecule has 3 heteroatoms. The number of aromatic nitrogens is 1. The van der Waals surface area contributed by atoms with Crippen molar-refractivity contribution in [1.82, 2.24) is 4.98 Å². The van der Waals surface area contributed by atoms with Gasteiger partial charge in [0.25, 0.3) is 0 Å². The smallest absolute Gasteiger partial charge is 0.0566 e. The minimum absolute atomic E-state index is 0.793. The number of anilines is 1. The van der Waals surface area contributed by atoms with Gasteiger partial charge in [-0.25, -0.2) is 0 Å². The number of pyridine rings is 1. The van der Waals surface area contributed by atoms with Gasteiger partial charge < -0.3 is 4.90 Å². The highest BCUT2D eigenvalue weighted by atomic mass is 79.9. The summed E-state index contributed by atoms with van der Waals surface area (Å²) in [5.41, 5.74) is 1.29. The molecule has 2 nitrogen and oxygen atoms in total. The van der Waals surface area contributed by atoms with Crippen LogP contribution in [0.5, 0.6) is 0 Å². The summed E-state index contributed by atoms with van der Waals surface area (Å²) in [5, 5.41) is 0. The van der Waals surface area contributed by atoms with E-state index >= 15 is 0 Å². The Bertz CT molecular complexity index is 358. The zero-order chi connectivity index (χ0) is 10.3. The molecule has 15 heavy (non-hydrogen) atoms. The summed E-state index contributed by atoms with van der Waals surface area (Å²) in [6.07, 6.45) is 9.41. The first-order valence-corrected chi connectivity index (χ1v) is 6.49. The van der Waals surface area contributed by atoms with E-state index in [0.29, 0.717) is 0 Å². The molecule has 2 saturated carbocycles. The van der Waals surface area contributed by atoms with Crippen LogP contribution in [0.3, 0.4) is 0 Å². The van der Waals surface area contributed by atoms with Crippen molar-refractivity contribution in [3.8, 4) is 0 Å². The van der Waals surface area contributed by atoms with Gasteiger partial charge in [-0.05, 0) is 53.6 Å². The van der Waals surface area contributed by atoms with Crippen LogP contribution in [0.4, 0.5) is 5.69 Å². The van der Waals surface area contributed by atoms with Crippen molar-refractivity contribution in [2.45, 2.75) is 31.7 Å². The Hall–Kier alpha value is -0.570. The largest absolute Gasteiger partial charge is 0.367 e. The molecule has 0 bridgehead atoms. The topological polar surface area (TPSA) is 16.1 Å². The van der Waals surface area contributed by atoms with Crippen molar-refractivity contribution in [3.63, 3.8) is 0 Å². The molecule has 2 aliphatic carbocycles. The van der Waals surface area contributed by atoms with E-state index in [4.69, 9.17) is 0 Å². The lowest BCUT2D eigenvalue weighted by Crippen LogP contribution is -2.28. The third-order valence-corrected chi connectivity index (χ3v) is 3.60. The van der Waals surface area contributed by atoms with E-state index in [1.165, 1.54) is 37.9 Å². The summed E-state index contributed by atoms with van der Waals surface area (Å²) < 4.78 is 1.08. The average Bonchev–Trinajstić information content (AvgIpc) is 3.08. The van der Waals surface area contributed by atoms with Crippen molar-refractivity contribution < 1.29 is 0 Å². The van der Waals surface area contributed by atoms with Gasteiger partial charge in [0.1, 0.15) is 0 Å². The van der Waals surface area contributed by atoms with Crippen LogP contribution in [0.15, 0.2) is 22.9 Å². The fourth-order valence-corrected chi connectivity index (χ4v) is 2.34. The van der Waals surface area contributed by atoms with Crippen LogP contribution in [-0.2, 0) is 0 Å². The van der Waals surface area contributed by atoms with E-state index in [-0.39, 0.29) is 0 Å². The summed E-state index contributed by atoms with van der Waals surface area (Å²) in [7, 11) is 0. The summed E-state index contributed by atoms with van der Waals surface area (Å²) in [6.45, 7) is 1.24. The van der Waals surface area contributed by atoms with Gasteiger partial charge in [-0.15, -0.1) is 0 Å². The van der Waals surface area contributed by atoms with E-state index in [2.05, 4.69) is 31.9 Å². The zero-order valence-electron chi connectivity index (χ0n) is 8.69. The van der Waals surface area contributed by atoms with Crippen molar-refractivity contribution >= 4 is 21.6 Å². The Labute approximate surface area is 98.8 Å². The average molecular weight is 267 g/mol. The van der Waals surface area contributed by atoms with Crippen molar-refractivity contribution in [1.29, 1.82) is 0 Å². The molecule has 0 aromatic carbocycles. The minimum atomic E-state index is 0.793. The first kappa shape index (κ1) is 9.64. The predicted octanol–water partition coefficient (Wildman–Crippen LogP) is 3.22. The molecule has 0 spiro atoms. The van der Waals surface area contributed by atoms with Crippen LogP contribution in [0.2, 0.25) is 0 Å². The molecule has 0 aliphatic heterocycles. The highest BCUT2D eigenvalue weighted by Crippen LogP contribution is 2.37. The van der Waals surface area contributed by atoms with Gasteiger partial charge >= 0.3 is 0 Å². The number of halogens is 1. The summed E-state index contributed by atoms with van der Waals surface area (Å²) in [6, 6.07) is 2.98. The Balaban J connectivity index is 1.80. The quantitative estimate of drug-likeness (QED) is 0.832. The molecule has 0 amide bonds. The summed E-state index contributed by atoms with van der Waals surface area (Å²) in [5.74, 6) is 0.949. The van der Waals surface area contributed by atoms with Crippen LogP contribution in [0, 0.1) is 5.92 Å². The third kappa shape index (κ3) is 2.33. The molecule has 2 aliphatic rings. The monoisotopic (exact) mass is 266 g/mol. The number of nitrogens with zero attached hydrogens (tertiary/aromatic N) is 2. The lowest BCUT2D eigenvalue weighted by Gasteiger charge is -2.24. The molecule has 2 fully saturated rings. The fourth-order valence-electron chi connectivity index (χ4n) is 1.99. The van der Waals surface area contributed by atoms with E-state index in [0.717, 1.165) is 16.4 Å². The summed E-state index contributed by atoms with van der Waals surface area (Å²) >= 11 is 3.49. The predicted molar refractivity (Wildman–Crippen MR) is 65.0 cm³/mol. The minimum Gasteiger partial charge on any atom is -0.367 e. The first-order chi connectivity index (χ1) is 7.33. The lowest BCUT2D eigenvalue weighted by atomic mass is 10.3. The zero-order valence-corrected chi connectivity index (χ0v) is 10.3. The Kier molecular flexibility index (Phi) is 2.43. The van der Waals surface area contributed by atoms with Gasteiger partial charge in [-0.1, -0.05) is 0 Å². The van der Waals surface area contributed by atoms with Crippen LogP contribution in [0.1, 0.15) is 25.7 Å². The standard InChI is InChI=1S/C12H15BrN2/c13-10-5-12(7-14-6-10)15(11-3-4-11)8-9-1-2-9/h5-7,9,11H,1-4,8H2. The van der Waals surface area contributed by atoms with Gasteiger partial charge in [0.15, 0.2) is 0 Å². The second kappa shape index (κ2) is 3.78. The van der Waals surface area contributed by atoms with E-state index in [1.807, 2.05) is 12.4 Å². The Morgan fingerprint density at radius 3 is 2.67 bits per heavy atom. The maximum absolute atomic E-state index is 4.25. The van der Waals surface area contributed by atoms with Gasteiger partial charge in [0.05, 0.1) is 11.9 Å². The molecule has 1 heterocycles. The normalized spacial score (nSPS) is 20.3. The summed E-state index contributed by atoms with van der Waals surface area (Å²) in [4.78, 5) is 6.81. The fraction of sp³-hybridized carbons (Fsp3) is 0.583. The molecular formula is C12H15BrN2. The molecule has 3 rings (SSSR count). The SMILES string of the molecule is Brc1cncc(N(CC2CC2)C2CC2)c1. The van der Waals surface area contributed by atoms with Gasteiger partial charge in [0.2, 0.25) is 0 Å². The lowest BCUT2D eigenvalue weighted by molar-refractivity contribution is 0.717. The number of hydrogen-bond acceptors (Lipinski definition) is 2. The molecule has 0 radical (unpaired) electrons. The maximum Gasteiger partial charge on any atom is 0.0566 e. The molecule has 0 atom stereocenters. The first-order valence-electron chi connectivity index (χ1n) is 5.70. The van der Waals surface area contributed by atoms with E-state index < -0.39 is 0 Å². The highest BCUT2D eigenvalue weighted by Gasteiger charge is 2.33. The Morgan fingerprint density at radius 1 is 1.27 bits per heavy atom. The van der Waals surface area contributed by atoms with E-state index in [1.54, 1.807) is 0 Å². The van der Waals surface area contributed by atoms with Crippen LogP contribution in [0.25, 0.3) is 0 Å². The number of rotatable bonds is 4. The van der Waals surface area contributed by atoms with Crippen molar-refractivity contribution in [2.75, 3.05) is 11.4 Å². The van der Waals surface area contributed by atoms with Gasteiger partial charge in [0, 0.05) is 23.3 Å². The molecule has 0 saturated heterocycles. The molecule has 1 aromatic heterocycles. The van der Waals surface area contributed by atoms with Gasteiger partial charge in [-0.3, -0.25) is 4.98 Å². The highest BCUT2D eigenvalue weighted by molar-refractivity contribution is 9.10. The molecule has 0 N–H and O–H groups in total. The van der Waals surface area contributed by atoms with Crippen LogP contribution in [-0.4, -0.2) is 17.6 Å². The molecule has 80 valence electrons. The molecular weight excluding hydrogens is 252 g/mol. The van der Waals surface area contributed by atoms with Gasteiger partial charge in [-0.2, -0.15) is 0 Å². The van der Waals surface area contributed by atoms with Crippen LogP contribution >= 0.6 is 15.9 Å². The van der Waals surface area contributed by atoms with E-state index in [9.17, 15) is 0 Å².